The lowest BCUT2D eigenvalue weighted by Crippen LogP contribution is -2.48. The van der Waals surface area contributed by atoms with Crippen LogP contribution >= 0.6 is 0 Å². The summed E-state index contributed by atoms with van der Waals surface area (Å²) in [6.07, 6.45) is -0.398. The molecule has 2 saturated heterocycles. The topological polar surface area (TPSA) is 99.2 Å². The van der Waals surface area contributed by atoms with Crippen molar-refractivity contribution < 1.29 is 33.4 Å². The molecule has 8 nitrogen and oxygen atoms in total. The van der Waals surface area contributed by atoms with Gasteiger partial charge >= 0.3 is 11.9 Å². The van der Waals surface area contributed by atoms with E-state index in [9.17, 15) is 19.2 Å². The van der Waals surface area contributed by atoms with Crippen molar-refractivity contribution in [2.24, 2.45) is 11.8 Å². The Hall–Kier alpha value is -1.96. The summed E-state index contributed by atoms with van der Waals surface area (Å²) in [5.74, 6) is -3.57. The number of esters is 2. The maximum absolute atomic E-state index is 12.4. The van der Waals surface area contributed by atoms with E-state index in [4.69, 9.17) is 14.2 Å². The van der Waals surface area contributed by atoms with Crippen LogP contribution in [0, 0.1) is 11.8 Å². The number of carbonyl (C=O) groups excluding carboxylic acids is 4. The van der Waals surface area contributed by atoms with Gasteiger partial charge < -0.3 is 14.2 Å². The summed E-state index contributed by atoms with van der Waals surface area (Å²) in [7, 11) is 0. The minimum Gasteiger partial charge on any atom is -0.466 e. The standard InChI is InChI=1S/C14H19NO7/c1-3-21-11(16)5-10(14(19)22-4-2)15-12(17)8-6-20-7-9(8)13(15)18/h8-10H,3-7H2,1-2H3/t8?,9?,10-/m0/s1. The molecule has 0 saturated carbocycles. The third-order valence-electron chi connectivity index (χ3n) is 3.73. The number of rotatable bonds is 6. The predicted molar refractivity (Wildman–Crippen MR) is 71.3 cm³/mol. The van der Waals surface area contributed by atoms with Gasteiger partial charge in [-0.2, -0.15) is 0 Å². The van der Waals surface area contributed by atoms with Crippen LogP contribution in [-0.4, -0.2) is 61.1 Å². The van der Waals surface area contributed by atoms with E-state index in [0.29, 0.717) is 0 Å². The van der Waals surface area contributed by atoms with Gasteiger partial charge in [-0.1, -0.05) is 0 Å². The average molecular weight is 313 g/mol. The molecular formula is C14H19NO7. The van der Waals surface area contributed by atoms with Crippen LogP contribution in [0.4, 0.5) is 0 Å². The molecule has 22 heavy (non-hydrogen) atoms. The Kier molecular flexibility index (Phi) is 5.12. The van der Waals surface area contributed by atoms with Gasteiger partial charge in [0.2, 0.25) is 11.8 Å². The van der Waals surface area contributed by atoms with Gasteiger partial charge in [0, 0.05) is 0 Å². The first-order valence-corrected chi connectivity index (χ1v) is 7.28. The Bertz CT molecular complexity index is 468. The SMILES string of the molecule is CCOC(=O)C[C@@H](C(=O)OCC)N1C(=O)C2COCC2C1=O. The molecule has 122 valence electrons. The molecular weight excluding hydrogens is 294 g/mol. The summed E-state index contributed by atoms with van der Waals surface area (Å²) < 4.78 is 14.8. The molecule has 3 atom stereocenters. The molecule has 2 aliphatic heterocycles. The molecule has 0 aromatic carbocycles. The number of fused-ring (bicyclic) bond motifs is 1. The molecule has 0 spiro atoms. The molecule has 0 radical (unpaired) electrons. The van der Waals surface area contributed by atoms with E-state index < -0.39 is 48.1 Å². The van der Waals surface area contributed by atoms with Gasteiger partial charge in [-0.25, -0.2) is 4.79 Å². The summed E-state index contributed by atoms with van der Waals surface area (Å²) in [5, 5.41) is 0. The third kappa shape index (κ3) is 2.96. The molecule has 2 fully saturated rings. The molecule has 2 amide bonds. The van der Waals surface area contributed by atoms with Crippen LogP contribution in [0.25, 0.3) is 0 Å². The van der Waals surface area contributed by atoms with Crippen LogP contribution < -0.4 is 0 Å². The summed E-state index contributed by atoms with van der Waals surface area (Å²) in [4.78, 5) is 49.3. The second kappa shape index (κ2) is 6.87. The molecule has 0 aliphatic carbocycles. The number of hydrogen-bond acceptors (Lipinski definition) is 7. The van der Waals surface area contributed by atoms with E-state index in [0.717, 1.165) is 4.90 Å². The van der Waals surface area contributed by atoms with E-state index in [1.807, 2.05) is 0 Å². The summed E-state index contributed by atoms with van der Waals surface area (Å²) >= 11 is 0. The minimum absolute atomic E-state index is 0.0876. The van der Waals surface area contributed by atoms with Crippen molar-refractivity contribution in [2.75, 3.05) is 26.4 Å². The maximum atomic E-state index is 12.4. The first-order chi connectivity index (χ1) is 10.5. The van der Waals surface area contributed by atoms with Gasteiger partial charge in [0.15, 0.2) is 0 Å². The number of hydrogen-bond donors (Lipinski definition) is 0. The zero-order valence-electron chi connectivity index (χ0n) is 12.6. The van der Waals surface area contributed by atoms with Gasteiger partial charge in [-0.15, -0.1) is 0 Å². The Morgan fingerprint density at radius 2 is 1.68 bits per heavy atom. The molecule has 2 unspecified atom stereocenters. The molecule has 2 aliphatic rings. The normalized spacial score (nSPS) is 25.1. The zero-order valence-corrected chi connectivity index (χ0v) is 12.6. The smallest absolute Gasteiger partial charge is 0.329 e. The van der Waals surface area contributed by atoms with Crippen LogP contribution in [-0.2, 0) is 33.4 Å². The van der Waals surface area contributed by atoms with Gasteiger partial charge in [0.1, 0.15) is 6.04 Å². The highest BCUT2D eigenvalue weighted by Gasteiger charge is 2.54. The zero-order chi connectivity index (χ0) is 16.3. The van der Waals surface area contributed by atoms with Crippen molar-refractivity contribution in [3.63, 3.8) is 0 Å². The number of nitrogens with zero attached hydrogens (tertiary/aromatic N) is 1. The second-order valence-corrected chi connectivity index (χ2v) is 5.07. The van der Waals surface area contributed by atoms with Crippen LogP contribution in [0.2, 0.25) is 0 Å². The Labute approximate surface area is 127 Å². The third-order valence-corrected chi connectivity index (χ3v) is 3.73. The monoisotopic (exact) mass is 313 g/mol. The fourth-order valence-electron chi connectivity index (χ4n) is 2.71. The molecule has 0 bridgehead atoms. The van der Waals surface area contributed by atoms with E-state index in [-0.39, 0.29) is 26.4 Å². The Morgan fingerprint density at radius 3 is 2.18 bits per heavy atom. The van der Waals surface area contributed by atoms with Crippen molar-refractivity contribution in [3.05, 3.63) is 0 Å². The lowest BCUT2D eigenvalue weighted by Gasteiger charge is -2.24. The number of likely N-dealkylation sites (tertiary alicyclic amines) is 1. The molecule has 8 heteroatoms. The second-order valence-electron chi connectivity index (χ2n) is 5.07. The highest BCUT2D eigenvalue weighted by molar-refractivity contribution is 6.08. The van der Waals surface area contributed by atoms with Gasteiger partial charge in [-0.3, -0.25) is 19.3 Å². The van der Waals surface area contributed by atoms with E-state index in [2.05, 4.69) is 0 Å². The highest BCUT2D eigenvalue weighted by Crippen LogP contribution is 2.33. The quantitative estimate of drug-likeness (QED) is 0.481. The minimum atomic E-state index is -1.27. The Balaban J connectivity index is 2.20. The first-order valence-electron chi connectivity index (χ1n) is 7.28. The van der Waals surface area contributed by atoms with Crippen LogP contribution in [0.15, 0.2) is 0 Å². The van der Waals surface area contributed by atoms with E-state index >= 15 is 0 Å². The molecule has 2 rings (SSSR count). The van der Waals surface area contributed by atoms with Crippen LogP contribution in [0.3, 0.4) is 0 Å². The van der Waals surface area contributed by atoms with Gasteiger partial charge in [0.05, 0.1) is 44.7 Å². The van der Waals surface area contributed by atoms with E-state index in [1.54, 1.807) is 13.8 Å². The van der Waals surface area contributed by atoms with Crippen molar-refractivity contribution in [1.82, 2.24) is 4.90 Å². The number of ether oxygens (including phenoxy) is 3. The lowest BCUT2D eigenvalue weighted by atomic mass is 10.00. The fourth-order valence-corrected chi connectivity index (χ4v) is 2.71. The molecule has 0 aromatic heterocycles. The predicted octanol–water partition coefficient (Wildman–Crippen LogP) is -0.497. The molecule has 2 heterocycles. The first kappa shape index (κ1) is 16.4. The fraction of sp³-hybridized carbons (Fsp3) is 0.714. The summed E-state index contributed by atoms with van der Waals surface area (Å²) in [6.45, 7) is 3.78. The number of imide groups is 1. The number of carbonyl (C=O) groups is 4. The Morgan fingerprint density at radius 1 is 1.14 bits per heavy atom. The van der Waals surface area contributed by atoms with Crippen molar-refractivity contribution >= 4 is 23.8 Å². The maximum Gasteiger partial charge on any atom is 0.329 e. The summed E-state index contributed by atoms with van der Waals surface area (Å²) in [5.41, 5.74) is 0. The van der Waals surface area contributed by atoms with Crippen LogP contribution in [0.5, 0.6) is 0 Å². The molecule has 0 aromatic rings. The summed E-state index contributed by atoms with van der Waals surface area (Å²) in [6, 6.07) is -1.27. The number of amides is 2. The van der Waals surface area contributed by atoms with Crippen molar-refractivity contribution in [2.45, 2.75) is 26.3 Å². The van der Waals surface area contributed by atoms with Gasteiger partial charge in [-0.05, 0) is 13.8 Å². The lowest BCUT2D eigenvalue weighted by molar-refractivity contribution is -0.163. The van der Waals surface area contributed by atoms with Crippen LogP contribution in [0.1, 0.15) is 20.3 Å². The highest BCUT2D eigenvalue weighted by atomic mass is 16.5. The van der Waals surface area contributed by atoms with Crippen molar-refractivity contribution in [3.8, 4) is 0 Å². The van der Waals surface area contributed by atoms with E-state index in [1.165, 1.54) is 0 Å². The van der Waals surface area contributed by atoms with Crippen molar-refractivity contribution in [1.29, 1.82) is 0 Å². The average Bonchev–Trinajstić information content (AvgIpc) is 3.03. The molecule has 0 N–H and O–H groups in total. The van der Waals surface area contributed by atoms with Gasteiger partial charge in [0.25, 0.3) is 0 Å². The largest absolute Gasteiger partial charge is 0.466 e.